The first-order valence-electron chi connectivity index (χ1n) is 9.08. The van der Waals surface area contributed by atoms with Crippen LogP contribution in [0.15, 0.2) is 18.2 Å². The van der Waals surface area contributed by atoms with Crippen LogP contribution in [0.5, 0.6) is 5.75 Å². The topological polar surface area (TPSA) is 50.8 Å². The van der Waals surface area contributed by atoms with Crippen LogP contribution in [0.25, 0.3) is 0 Å². The number of nitrogens with one attached hydrogen (secondary N) is 1. The zero-order valence-corrected chi connectivity index (χ0v) is 19.7. The van der Waals surface area contributed by atoms with Gasteiger partial charge in [-0.3, -0.25) is 0 Å². The Morgan fingerprint density at radius 2 is 2.00 bits per heavy atom. The summed E-state index contributed by atoms with van der Waals surface area (Å²) in [5.41, 5.74) is 1.53. The number of carbonyl (C=O) groups is 1. The van der Waals surface area contributed by atoms with Gasteiger partial charge in [-0.05, 0) is 73.4 Å². The van der Waals surface area contributed by atoms with E-state index in [0.717, 1.165) is 30.1 Å². The van der Waals surface area contributed by atoms with Crippen molar-refractivity contribution in [2.75, 3.05) is 31.1 Å². The lowest BCUT2D eigenvalue weighted by molar-refractivity contribution is 0.0525. The molecule has 0 aliphatic heterocycles. The molecule has 0 heterocycles. The Bertz CT molecular complexity index is 661. The van der Waals surface area contributed by atoms with Crippen LogP contribution >= 0.6 is 30.1 Å². The fourth-order valence-corrected chi connectivity index (χ4v) is 2.85. The van der Waals surface area contributed by atoms with Crippen LogP contribution in [0, 0.1) is 11.2 Å². The number of rotatable bonds is 8. The first-order chi connectivity index (χ1) is 12.8. The smallest absolute Gasteiger partial charge is 0.407 e. The minimum Gasteiger partial charge on any atom is -0.491 e. The van der Waals surface area contributed by atoms with Crippen LogP contribution in [-0.2, 0) is 4.74 Å². The number of halogens is 1. The molecular weight excluding hydrogens is 475 g/mol. The van der Waals surface area contributed by atoms with Gasteiger partial charge < -0.3 is 19.7 Å². The molecule has 27 heavy (non-hydrogen) atoms. The van der Waals surface area contributed by atoms with E-state index in [0.29, 0.717) is 19.6 Å². The highest BCUT2D eigenvalue weighted by Crippen LogP contribution is 2.29. The summed E-state index contributed by atoms with van der Waals surface area (Å²) >= 11 is 2.16. The second-order valence-electron chi connectivity index (χ2n) is 6.79. The van der Waals surface area contributed by atoms with Gasteiger partial charge in [0, 0.05) is 46.4 Å². The highest BCUT2D eigenvalue weighted by Gasteiger charge is 2.15. The Hall–Kier alpha value is -1.27. The van der Waals surface area contributed by atoms with Crippen molar-refractivity contribution < 1.29 is 14.3 Å². The lowest BCUT2D eigenvalue weighted by Gasteiger charge is -2.24. The predicted molar refractivity (Wildman–Crippen MR) is 123 cm³/mol. The molecule has 0 bridgehead atoms. The normalized spacial score (nSPS) is 10.6. The van der Waals surface area contributed by atoms with Crippen LogP contribution in [0.2, 0.25) is 0 Å². The van der Waals surface area contributed by atoms with E-state index in [9.17, 15) is 4.79 Å². The van der Waals surface area contributed by atoms with Gasteiger partial charge in [-0.1, -0.05) is 5.92 Å². The number of nitrogens with zero attached hydrogens (tertiary/aromatic N) is 1. The molecule has 0 radical (unpaired) electrons. The molecule has 1 rings (SSSR count). The Morgan fingerprint density at radius 1 is 1.30 bits per heavy atom. The van der Waals surface area contributed by atoms with Crippen LogP contribution in [-0.4, -0.2) is 37.9 Å². The number of anilines is 1. The molecule has 0 atom stereocenters. The Balaban J connectivity index is 2.64. The van der Waals surface area contributed by atoms with E-state index >= 15 is 0 Å². The number of ether oxygens (including phenoxy) is 2. The highest BCUT2D eigenvalue weighted by atomic mass is 127. The van der Waals surface area contributed by atoms with E-state index < -0.39 is 11.7 Å². The summed E-state index contributed by atoms with van der Waals surface area (Å²) in [6, 6.07) is 6.01. The average molecular weight is 504 g/mol. The van der Waals surface area contributed by atoms with Gasteiger partial charge in [0.15, 0.2) is 0 Å². The number of hydrogen-bond acceptors (Lipinski definition) is 5. The molecule has 0 aliphatic carbocycles. The number of alkyl carbamates (subject to hydrolysis) is 1. The summed E-state index contributed by atoms with van der Waals surface area (Å²) in [5, 5.41) is 5.76. The molecule has 0 aromatic heterocycles. The fourth-order valence-electron chi connectivity index (χ4n) is 2.37. The molecule has 0 aliphatic rings. The third-order valence-electron chi connectivity index (χ3n) is 3.54. The highest BCUT2D eigenvalue weighted by molar-refractivity contribution is 14.2. The number of hydrogen-bond donors (Lipinski definition) is 1. The van der Waals surface area contributed by atoms with Gasteiger partial charge in [0.2, 0.25) is 0 Å². The van der Waals surface area contributed by atoms with Crippen molar-refractivity contribution in [3.8, 4) is 16.9 Å². The number of amides is 1. The first-order valence-corrected chi connectivity index (χ1v) is 12.4. The predicted octanol–water partition coefficient (Wildman–Crippen LogP) is 5.22. The van der Waals surface area contributed by atoms with Crippen LogP contribution in [0.1, 0.15) is 46.6 Å². The lowest BCUT2D eigenvalue weighted by Crippen LogP contribution is -2.33. The standard InChI is InChI=1S/C20H29IN2O3S/c1-6-23(7-2)17-15-16(11-14-27-21)9-10-18(17)25-13-8-12-22-19(24)26-20(3,4)5/h9-10,15H,6-8,12-13H2,1-5H3,(H,22,24). The van der Waals surface area contributed by atoms with Crippen molar-refractivity contribution in [2.24, 2.45) is 0 Å². The van der Waals surface area contributed by atoms with Gasteiger partial charge in [0.1, 0.15) is 11.4 Å². The van der Waals surface area contributed by atoms with E-state index in [-0.39, 0.29) is 0 Å². The SMILES string of the molecule is CCN(CC)c1cc(C#CSI)ccc1OCCCNC(=O)OC(C)(C)C. The van der Waals surface area contributed by atoms with E-state index in [1.165, 1.54) is 8.93 Å². The molecule has 0 fully saturated rings. The monoisotopic (exact) mass is 504 g/mol. The molecule has 7 heteroatoms. The number of carbonyl (C=O) groups excluding carboxylic acids is 1. The summed E-state index contributed by atoms with van der Waals surface area (Å²) in [7, 11) is 1.47. The third-order valence-corrected chi connectivity index (χ3v) is 4.38. The van der Waals surface area contributed by atoms with Crippen molar-refractivity contribution in [2.45, 2.75) is 46.6 Å². The molecule has 150 valence electrons. The summed E-state index contributed by atoms with van der Waals surface area (Å²) in [4.78, 5) is 13.9. The zero-order chi connectivity index (χ0) is 20.3. The molecule has 0 saturated carbocycles. The van der Waals surface area contributed by atoms with E-state index in [1.807, 2.05) is 32.9 Å². The molecule has 1 aromatic rings. The first kappa shape index (κ1) is 23.8. The Morgan fingerprint density at radius 3 is 2.59 bits per heavy atom. The molecule has 0 unspecified atom stereocenters. The van der Waals surface area contributed by atoms with Crippen LogP contribution in [0.3, 0.4) is 0 Å². The fraction of sp³-hybridized carbons (Fsp3) is 0.550. The summed E-state index contributed by atoms with van der Waals surface area (Å²) < 4.78 is 11.2. The minimum absolute atomic E-state index is 0.401. The largest absolute Gasteiger partial charge is 0.491 e. The Labute approximate surface area is 179 Å². The maximum atomic E-state index is 11.6. The van der Waals surface area contributed by atoms with Crippen LogP contribution < -0.4 is 15.0 Å². The van der Waals surface area contributed by atoms with Crippen molar-refractivity contribution in [3.05, 3.63) is 23.8 Å². The summed E-state index contributed by atoms with van der Waals surface area (Å²) in [6.07, 6.45) is 0.298. The lowest BCUT2D eigenvalue weighted by atomic mass is 10.1. The van der Waals surface area contributed by atoms with Gasteiger partial charge in [-0.2, -0.15) is 0 Å². The second-order valence-corrected chi connectivity index (χ2v) is 8.47. The maximum absolute atomic E-state index is 11.6. The molecule has 0 spiro atoms. The van der Waals surface area contributed by atoms with Gasteiger partial charge in [0.05, 0.1) is 12.3 Å². The van der Waals surface area contributed by atoms with Gasteiger partial charge in [-0.25, -0.2) is 4.79 Å². The quantitative estimate of drug-likeness (QED) is 0.299. The molecule has 1 amide bonds. The van der Waals surface area contributed by atoms with E-state index in [4.69, 9.17) is 9.47 Å². The zero-order valence-electron chi connectivity index (χ0n) is 16.7. The molecular formula is C20H29IN2O3S. The van der Waals surface area contributed by atoms with Gasteiger partial charge >= 0.3 is 6.09 Å². The van der Waals surface area contributed by atoms with Gasteiger partial charge in [-0.15, -0.1) is 0 Å². The molecule has 0 saturated heterocycles. The Kier molecular flexibility index (Phi) is 10.8. The molecule has 1 aromatic carbocycles. The van der Waals surface area contributed by atoms with Gasteiger partial charge in [0.25, 0.3) is 0 Å². The summed E-state index contributed by atoms with van der Waals surface area (Å²) in [6.45, 7) is 12.6. The van der Waals surface area contributed by atoms with Crippen molar-refractivity contribution in [1.82, 2.24) is 5.32 Å². The molecule has 5 nitrogen and oxygen atoms in total. The van der Waals surface area contributed by atoms with E-state index in [1.54, 1.807) is 0 Å². The third kappa shape index (κ3) is 9.47. The van der Waals surface area contributed by atoms with Crippen molar-refractivity contribution in [3.63, 3.8) is 0 Å². The van der Waals surface area contributed by atoms with Crippen LogP contribution in [0.4, 0.5) is 10.5 Å². The molecule has 1 N–H and O–H groups in total. The summed E-state index contributed by atoms with van der Waals surface area (Å²) in [5.74, 6) is 3.97. The maximum Gasteiger partial charge on any atom is 0.407 e. The second kappa shape index (κ2) is 12.2. The van der Waals surface area contributed by atoms with E-state index in [2.05, 4.69) is 62.5 Å². The minimum atomic E-state index is -0.486. The van der Waals surface area contributed by atoms with Crippen molar-refractivity contribution in [1.29, 1.82) is 0 Å². The average Bonchev–Trinajstić information content (AvgIpc) is 2.60. The number of benzene rings is 1. The van der Waals surface area contributed by atoms with Crippen molar-refractivity contribution >= 4 is 41.9 Å².